The summed E-state index contributed by atoms with van der Waals surface area (Å²) in [6.07, 6.45) is 3.26. The number of nitrogens with zero attached hydrogens (tertiary/aromatic N) is 2. The molecular weight excluding hydrogens is 531 g/mol. The Labute approximate surface area is 231 Å². The van der Waals surface area contributed by atoms with Gasteiger partial charge in [0.05, 0.1) is 11.4 Å². The van der Waals surface area contributed by atoms with Crippen LogP contribution in [0.2, 0.25) is 10.0 Å². The highest BCUT2D eigenvalue weighted by Crippen LogP contribution is 2.42. The highest BCUT2D eigenvalue weighted by atomic mass is 35.5. The summed E-state index contributed by atoms with van der Waals surface area (Å²) >= 11 is 14.2. The molecule has 3 aromatic rings. The molecule has 1 atom stereocenters. The third-order valence-electron chi connectivity index (χ3n) is 6.01. The summed E-state index contributed by atoms with van der Waals surface area (Å²) < 4.78 is 12.6. The summed E-state index contributed by atoms with van der Waals surface area (Å²) in [6.45, 7) is 3.77. The summed E-state index contributed by atoms with van der Waals surface area (Å²) in [4.78, 5) is 19.3. The number of carbonyl (C=O) groups excluding carboxylic acids is 1. The van der Waals surface area contributed by atoms with Gasteiger partial charge in [0.25, 0.3) is 5.91 Å². The van der Waals surface area contributed by atoms with E-state index >= 15 is 0 Å². The first-order chi connectivity index (χ1) is 17.9. The van der Waals surface area contributed by atoms with Crippen molar-refractivity contribution >= 4 is 57.5 Å². The van der Waals surface area contributed by atoms with Crippen LogP contribution in [-0.4, -0.2) is 45.5 Å². The van der Waals surface area contributed by atoms with Crippen LogP contribution in [0.4, 0.5) is 10.7 Å². The minimum atomic E-state index is -0.432. The lowest BCUT2D eigenvalue weighted by Gasteiger charge is -2.25. The number of piperidine rings is 1. The quantitative estimate of drug-likeness (QED) is 0.231. The Bertz CT molecular complexity index is 1240. The standard InChI is InChI=1S/C27H30Cl2N4O3S/c1-17(21-5-4-6-22(25(21)29)36-20-11-13-32-14-12-20)35-23-15-24(37-26(23)27(34)31-3)33(16-30-2)19-9-7-18(28)8-10-19/h4-10,15-17,20,32H,11-14H2,1-3H3,(H,31,34). The second-order valence-electron chi connectivity index (χ2n) is 8.56. The number of hydrogen-bond donors (Lipinski definition) is 2. The summed E-state index contributed by atoms with van der Waals surface area (Å²) in [7, 11) is 3.29. The van der Waals surface area contributed by atoms with E-state index in [2.05, 4.69) is 15.6 Å². The molecule has 1 aliphatic rings. The number of amides is 1. The van der Waals surface area contributed by atoms with Gasteiger partial charge in [-0.2, -0.15) is 0 Å². The van der Waals surface area contributed by atoms with E-state index in [-0.39, 0.29) is 12.0 Å². The lowest BCUT2D eigenvalue weighted by atomic mass is 10.1. The number of anilines is 2. The number of halogens is 2. The summed E-state index contributed by atoms with van der Waals surface area (Å²) in [5, 5.41) is 7.96. The lowest BCUT2D eigenvalue weighted by Crippen LogP contribution is -2.34. The van der Waals surface area contributed by atoms with Crippen molar-refractivity contribution in [2.75, 3.05) is 32.1 Å². The summed E-state index contributed by atoms with van der Waals surface area (Å²) in [6, 6.07) is 14.9. The van der Waals surface area contributed by atoms with Crippen LogP contribution in [-0.2, 0) is 0 Å². The molecule has 0 aliphatic carbocycles. The molecule has 4 rings (SSSR count). The second kappa shape index (κ2) is 12.6. The summed E-state index contributed by atoms with van der Waals surface area (Å²) in [5.41, 5.74) is 1.64. The van der Waals surface area contributed by atoms with Crippen LogP contribution in [0.1, 0.15) is 41.1 Å². The van der Waals surface area contributed by atoms with Crippen molar-refractivity contribution in [1.29, 1.82) is 0 Å². The van der Waals surface area contributed by atoms with Gasteiger partial charge in [0.15, 0.2) is 0 Å². The zero-order valence-corrected chi connectivity index (χ0v) is 23.3. The van der Waals surface area contributed by atoms with Gasteiger partial charge in [-0.3, -0.25) is 14.7 Å². The largest absolute Gasteiger partial charge is 0.489 e. The van der Waals surface area contributed by atoms with Gasteiger partial charge in [0.1, 0.15) is 33.6 Å². The van der Waals surface area contributed by atoms with Crippen LogP contribution < -0.4 is 25.0 Å². The molecule has 2 heterocycles. The van der Waals surface area contributed by atoms with Gasteiger partial charge >= 0.3 is 0 Å². The molecule has 1 saturated heterocycles. The number of rotatable bonds is 9. The first kappa shape index (κ1) is 27.3. The minimum absolute atomic E-state index is 0.128. The predicted molar refractivity (Wildman–Crippen MR) is 153 cm³/mol. The van der Waals surface area contributed by atoms with Crippen LogP contribution in [0, 0.1) is 0 Å². The molecule has 0 radical (unpaired) electrons. The third kappa shape index (κ3) is 6.57. The smallest absolute Gasteiger partial charge is 0.264 e. The molecule has 0 bridgehead atoms. The fourth-order valence-corrected chi connectivity index (χ4v) is 5.57. The predicted octanol–water partition coefficient (Wildman–Crippen LogP) is 6.48. The van der Waals surface area contributed by atoms with Crippen LogP contribution >= 0.6 is 34.5 Å². The van der Waals surface area contributed by atoms with E-state index in [1.165, 1.54) is 11.3 Å². The second-order valence-corrected chi connectivity index (χ2v) is 10.4. The van der Waals surface area contributed by atoms with Crippen molar-refractivity contribution in [2.24, 2.45) is 4.99 Å². The van der Waals surface area contributed by atoms with Crippen LogP contribution in [0.3, 0.4) is 0 Å². The number of thiophene rings is 1. The van der Waals surface area contributed by atoms with E-state index in [1.54, 1.807) is 32.6 Å². The molecular formula is C27H30Cl2N4O3S. The Morgan fingerprint density at radius 1 is 1.19 bits per heavy atom. The Balaban J connectivity index is 1.62. The molecule has 1 amide bonds. The van der Waals surface area contributed by atoms with Gasteiger partial charge in [0, 0.05) is 36.4 Å². The van der Waals surface area contributed by atoms with Gasteiger partial charge in [-0.25, -0.2) is 0 Å². The number of benzene rings is 2. The first-order valence-electron chi connectivity index (χ1n) is 12.1. The number of hydrogen-bond acceptors (Lipinski definition) is 6. The highest BCUT2D eigenvalue weighted by molar-refractivity contribution is 7.18. The number of carbonyl (C=O) groups is 1. The lowest BCUT2D eigenvalue weighted by molar-refractivity contribution is 0.0961. The van der Waals surface area contributed by atoms with Crippen molar-refractivity contribution in [3.05, 3.63) is 69.0 Å². The molecule has 1 unspecified atom stereocenters. The third-order valence-corrected chi connectivity index (χ3v) is 7.78. The zero-order chi connectivity index (χ0) is 26.4. The Hall–Kier alpha value is -2.78. The number of aliphatic imine (C=N–C) groups is 1. The average Bonchev–Trinajstić information content (AvgIpc) is 3.32. The van der Waals surface area contributed by atoms with Crippen molar-refractivity contribution in [2.45, 2.75) is 32.0 Å². The van der Waals surface area contributed by atoms with Gasteiger partial charge < -0.3 is 20.1 Å². The number of nitrogens with one attached hydrogen (secondary N) is 2. The molecule has 196 valence electrons. The number of ether oxygens (including phenoxy) is 2. The molecule has 2 N–H and O–H groups in total. The SMILES string of the molecule is CN=CN(c1ccc(Cl)cc1)c1cc(OC(C)c2cccc(OC3CCNCC3)c2Cl)c(C(=O)NC)s1. The van der Waals surface area contributed by atoms with E-state index < -0.39 is 6.10 Å². The Morgan fingerprint density at radius 3 is 2.59 bits per heavy atom. The van der Waals surface area contributed by atoms with E-state index in [4.69, 9.17) is 32.7 Å². The summed E-state index contributed by atoms with van der Waals surface area (Å²) in [5.74, 6) is 0.861. The maximum Gasteiger partial charge on any atom is 0.264 e. The average molecular weight is 562 g/mol. The van der Waals surface area contributed by atoms with Crippen LogP contribution in [0.5, 0.6) is 11.5 Å². The van der Waals surface area contributed by atoms with Gasteiger partial charge in [-0.05, 0) is 63.2 Å². The van der Waals surface area contributed by atoms with Crippen LogP contribution in [0.15, 0.2) is 53.5 Å². The fraction of sp³-hybridized carbons (Fsp3) is 0.333. The van der Waals surface area contributed by atoms with Crippen LogP contribution in [0.25, 0.3) is 0 Å². The molecule has 2 aromatic carbocycles. The maximum absolute atomic E-state index is 12.8. The first-order valence-corrected chi connectivity index (χ1v) is 13.6. The topological polar surface area (TPSA) is 75.2 Å². The maximum atomic E-state index is 12.8. The van der Waals surface area contributed by atoms with Crippen molar-refractivity contribution in [1.82, 2.24) is 10.6 Å². The van der Waals surface area contributed by atoms with E-state index in [9.17, 15) is 4.79 Å². The monoisotopic (exact) mass is 560 g/mol. The molecule has 0 spiro atoms. The van der Waals surface area contributed by atoms with Crippen molar-refractivity contribution in [3.63, 3.8) is 0 Å². The highest BCUT2D eigenvalue weighted by Gasteiger charge is 2.24. The molecule has 10 heteroatoms. The Kier molecular flexibility index (Phi) is 9.32. The molecule has 7 nitrogen and oxygen atoms in total. The molecule has 37 heavy (non-hydrogen) atoms. The van der Waals surface area contributed by atoms with Gasteiger partial charge in [-0.15, -0.1) is 11.3 Å². The normalized spacial score (nSPS) is 14.9. The fourth-order valence-electron chi connectivity index (χ4n) is 4.09. The molecule has 1 fully saturated rings. The van der Waals surface area contributed by atoms with Crippen molar-refractivity contribution in [3.8, 4) is 11.5 Å². The molecule has 1 aliphatic heterocycles. The van der Waals surface area contributed by atoms with Crippen molar-refractivity contribution < 1.29 is 14.3 Å². The van der Waals surface area contributed by atoms with E-state index in [0.29, 0.717) is 26.4 Å². The minimum Gasteiger partial charge on any atom is -0.489 e. The van der Waals surface area contributed by atoms with Gasteiger partial charge in [-0.1, -0.05) is 35.3 Å². The molecule has 0 saturated carbocycles. The zero-order valence-electron chi connectivity index (χ0n) is 21.0. The van der Waals surface area contributed by atoms with Gasteiger partial charge in [0.2, 0.25) is 0 Å². The Morgan fingerprint density at radius 2 is 1.92 bits per heavy atom. The van der Waals surface area contributed by atoms with E-state index in [1.807, 2.05) is 48.2 Å². The molecule has 1 aromatic heterocycles. The van der Waals surface area contributed by atoms with E-state index in [0.717, 1.165) is 42.2 Å².